The van der Waals surface area contributed by atoms with Gasteiger partial charge < -0.3 is 0 Å². The van der Waals surface area contributed by atoms with Crippen molar-refractivity contribution in [1.29, 1.82) is 0 Å². The fourth-order valence-corrected chi connectivity index (χ4v) is 5.75. The number of carboxylic acid groups (broad SMARTS) is 1. The number of rotatable bonds is 7. The summed E-state index contributed by atoms with van der Waals surface area (Å²) in [4.78, 5) is 21.8. The van der Waals surface area contributed by atoms with Crippen molar-refractivity contribution in [2.75, 3.05) is 44.4 Å². The Morgan fingerprint density at radius 3 is 2.41 bits per heavy atom. The normalized spacial score (nSPS) is 15.3. The molecule has 1 aliphatic rings. The Hall–Kier alpha value is -1.21. The van der Waals surface area contributed by atoms with E-state index >= 15 is 0 Å². The number of aromatic carboxylic acids is 1. The Morgan fingerprint density at radius 1 is 1.23 bits per heavy atom. The molecule has 1 aromatic rings. The number of nitrogens with zero attached hydrogens (tertiary/aromatic N) is 3. The van der Waals surface area contributed by atoms with Gasteiger partial charge in [0.25, 0.3) is 0 Å². The number of hydrogen-bond acceptors (Lipinski definition) is 7. The topological polar surface area (TPSA) is 116 Å². The maximum absolute atomic E-state index is 11.3. The van der Waals surface area contributed by atoms with Crippen molar-refractivity contribution >= 4 is 31.1 Å². The van der Waals surface area contributed by atoms with Crippen LogP contribution in [0.4, 0.5) is 5.95 Å². The average molecular weight is 373 g/mol. The van der Waals surface area contributed by atoms with Crippen LogP contribution in [0, 0.1) is 0 Å². The summed E-state index contributed by atoms with van der Waals surface area (Å²) < 4.78 is 5.97. The van der Waals surface area contributed by atoms with Crippen LogP contribution < -0.4 is 9.38 Å². The van der Waals surface area contributed by atoms with Crippen LogP contribution in [0.15, 0.2) is 6.07 Å². The maximum atomic E-state index is 11.3. The van der Waals surface area contributed by atoms with Gasteiger partial charge in [0.2, 0.25) is 0 Å². The van der Waals surface area contributed by atoms with Crippen molar-refractivity contribution in [2.45, 2.75) is 10.4 Å². The number of aromatic nitrogens is 2. The van der Waals surface area contributed by atoms with Crippen molar-refractivity contribution in [3.8, 4) is 0 Å². The first kappa shape index (κ1) is 17.1. The van der Waals surface area contributed by atoms with Crippen LogP contribution >= 0.6 is 0 Å². The van der Waals surface area contributed by atoms with E-state index in [-0.39, 0.29) is 18.9 Å². The van der Waals surface area contributed by atoms with Crippen molar-refractivity contribution in [2.24, 2.45) is 0 Å². The molecule has 0 aliphatic carbocycles. The summed E-state index contributed by atoms with van der Waals surface area (Å²) in [7, 11) is 0. The third-order valence-electron chi connectivity index (χ3n) is 3.28. The van der Waals surface area contributed by atoms with Crippen molar-refractivity contribution < 1.29 is 24.9 Å². The molecule has 0 saturated carbocycles. The molecular weight excluding hydrogens is 353 g/mol. The Balaban J connectivity index is 2.34. The van der Waals surface area contributed by atoms with E-state index < -0.39 is 20.6 Å². The first-order valence-corrected chi connectivity index (χ1v) is 10.7. The molecule has 2 heterocycles. The van der Waals surface area contributed by atoms with Gasteiger partial charge in [-0.15, -0.1) is 0 Å². The fraction of sp³-hybridized carbons (Fsp3) is 0.615. The summed E-state index contributed by atoms with van der Waals surface area (Å²) in [6, 6.07) is 1.48. The molecule has 0 aromatic carbocycles. The fourth-order valence-electron chi connectivity index (χ4n) is 2.18. The molecule has 0 spiro atoms. The van der Waals surface area contributed by atoms with Gasteiger partial charge in [0.15, 0.2) is 0 Å². The van der Waals surface area contributed by atoms with E-state index in [0.29, 0.717) is 47.2 Å². The van der Waals surface area contributed by atoms with Gasteiger partial charge in [0.05, 0.1) is 0 Å². The molecule has 122 valence electrons. The monoisotopic (exact) mass is 373 g/mol. The number of ether oxygens (including phenoxy) is 1. The minimum absolute atomic E-state index is 0.0132. The molecule has 0 atom stereocenters. The van der Waals surface area contributed by atoms with Gasteiger partial charge in [-0.05, 0) is 0 Å². The molecule has 1 aromatic heterocycles. The molecule has 22 heavy (non-hydrogen) atoms. The molecule has 2 rings (SSSR count). The number of aliphatic hydroxyl groups is 2. The van der Waals surface area contributed by atoms with Crippen LogP contribution in [0.25, 0.3) is 0 Å². The van der Waals surface area contributed by atoms with Gasteiger partial charge in [-0.2, -0.15) is 0 Å². The molecule has 0 radical (unpaired) electrons. The number of morpholine rings is 1. The Kier molecular flexibility index (Phi) is 6.57. The number of aliphatic hydroxyl groups excluding tert-OH is 2. The predicted molar refractivity (Wildman–Crippen MR) is 81.2 cm³/mol. The third kappa shape index (κ3) is 4.39. The quantitative estimate of drug-likeness (QED) is 0.505. The molecule has 0 amide bonds. The zero-order chi connectivity index (χ0) is 15.9. The first-order chi connectivity index (χ1) is 10.7. The number of anilines is 1. The second kappa shape index (κ2) is 8.43. The second-order valence-corrected chi connectivity index (χ2v) is 9.85. The van der Waals surface area contributed by atoms with E-state index in [1.165, 1.54) is 6.07 Å². The van der Waals surface area contributed by atoms with Gasteiger partial charge >= 0.3 is 132 Å². The summed E-state index contributed by atoms with van der Waals surface area (Å²) in [5.74, 6) is -0.700. The van der Waals surface area contributed by atoms with Crippen LogP contribution in [0.5, 0.6) is 0 Å². The van der Waals surface area contributed by atoms with E-state index in [1.807, 2.05) is 4.90 Å². The summed E-state index contributed by atoms with van der Waals surface area (Å²) in [5.41, 5.74) is -0.0400. The standard InChI is InChI=1S/C13H20AsN3O5/c18-5-1-14(2-6-19)11-9-10(12(20)21)15-13(16-11)17-3-7-22-8-4-17/h9,18-19H,1-8H2,(H,20,21). The Morgan fingerprint density at radius 2 is 1.86 bits per heavy atom. The molecule has 8 nitrogen and oxygen atoms in total. The number of carboxylic acids is 1. The minimum atomic E-state index is -1.79. The van der Waals surface area contributed by atoms with E-state index in [2.05, 4.69) is 9.97 Å². The summed E-state index contributed by atoms with van der Waals surface area (Å²) in [5, 5.41) is 28.8. The van der Waals surface area contributed by atoms with Crippen LogP contribution in [0.3, 0.4) is 0 Å². The van der Waals surface area contributed by atoms with Gasteiger partial charge in [-0.25, -0.2) is 0 Å². The molecule has 0 bridgehead atoms. The zero-order valence-electron chi connectivity index (χ0n) is 12.2. The average Bonchev–Trinajstić information content (AvgIpc) is 2.55. The SMILES string of the molecule is O=C(O)c1cc([As](CCO)CCO)nc(N2CCOCC2)n1. The number of hydrogen-bond donors (Lipinski definition) is 3. The number of carbonyl (C=O) groups is 1. The molecule has 1 fully saturated rings. The van der Waals surface area contributed by atoms with E-state index in [1.54, 1.807) is 0 Å². The summed E-state index contributed by atoms with van der Waals surface area (Å²) >= 11 is -1.79. The molecule has 9 heteroatoms. The molecule has 1 saturated heterocycles. The van der Waals surface area contributed by atoms with Gasteiger partial charge in [0, 0.05) is 0 Å². The molecular formula is C13H20AsN3O5. The Bertz CT molecular complexity index is 504. The Labute approximate surface area is 133 Å². The predicted octanol–water partition coefficient (Wildman–Crippen LogP) is -1.30. The zero-order valence-corrected chi connectivity index (χ0v) is 14.1. The summed E-state index contributed by atoms with van der Waals surface area (Å²) in [6.07, 6.45) is 0. The molecule has 0 unspecified atom stereocenters. The van der Waals surface area contributed by atoms with Gasteiger partial charge in [-0.1, -0.05) is 0 Å². The molecule has 3 N–H and O–H groups in total. The third-order valence-corrected chi connectivity index (χ3v) is 8.22. The van der Waals surface area contributed by atoms with Gasteiger partial charge in [-0.3, -0.25) is 0 Å². The van der Waals surface area contributed by atoms with Crippen LogP contribution in [0.2, 0.25) is 10.4 Å². The van der Waals surface area contributed by atoms with Crippen molar-refractivity contribution in [3.05, 3.63) is 11.8 Å². The first-order valence-electron chi connectivity index (χ1n) is 7.07. The molecule has 1 aliphatic heterocycles. The second-order valence-electron chi connectivity index (χ2n) is 4.75. The van der Waals surface area contributed by atoms with Crippen LogP contribution in [-0.2, 0) is 4.74 Å². The van der Waals surface area contributed by atoms with Crippen molar-refractivity contribution in [3.63, 3.8) is 0 Å². The van der Waals surface area contributed by atoms with E-state index in [9.17, 15) is 20.1 Å². The van der Waals surface area contributed by atoms with Gasteiger partial charge in [0.1, 0.15) is 0 Å². The van der Waals surface area contributed by atoms with E-state index in [0.717, 1.165) is 0 Å². The van der Waals surface area contributed by atoms with Crippen LogP contribution in [-0.4, -0.2) is 85.4 Å². The van der Waals surface area contributed by atoms with E-state index in [4.69, 9.17) is 4.74 Å². The summed E-state index contributed by atoms with van der Waals surface area (Å²) in [6.45, 7) is 2.39. The van der Waals surface area contributed by atoms with Crippen LogP contribution in [0.1, 0.15) is 10.5 Å². The van der Waals surface area contributed by atoms with Crippen molar-refractivity contribution in [1.82, 2.24) is 9.97 Å².